The largest absolute Gasteiger partial charge is 0.198 e. The maximum Gasteiger partial charge on any atom is 0.0695 e. The number of hydrogen-bond acceptors (Lipinski definition) is 1. The molecule has 0 aromatic carbocycles. The summed E-state index contributed by atoms with van der Waals surface area (Å²) in [6.07, 6.45) is 4.02. The first-order chi connectivity index (χ1) is 4.37. The summed E-state index contributed by atoms with van der Waals surface area (Å²) in [6, 6.07) is 2.51. The van der Waals surface area contributed by atoms with Gasteiger partial charge in [-0.1, -0.05) is 0 Å². The molecule has 2 unspecified atom stereocenters. The molecule has 0 spiro atoms. The van der Waals surface area contributed by atoms with Crippen molar-refractivity contribution >= 4 is 0 Å². The van der Waals surface area contributed by atoms with Crippen LogP contribution in [0, 0.1) is 34.5 Å². The van der Waals surface area contributed by atoms with Crippen LogP contribution in [0.5, 0.6) is 0 Å². The standard InChI is InChI=1S/C8H9N/c9-4-8-3-5-1-6(8)7(8)2-5/h5-7H,1-3H2. The number of hydrogen-bond donors (Lipinski definition) is 0. The summed E-state index contributed by atoms with van der Waals surface area (Å²) < 4.78 is 0. The fourth-order valence-electron chi connectivity index (χ4n) is 3.33. The van der Waals surface area contributed by atoms with Crippen LogP contribution in [0.15, 0.2) is 0 Å². The first kappa shape index (κ1) is 4.33. The van der Waals surface area contributed by atoms with Gasteiger partial charge in [-0.3, -0.25) is 0 Å². The van der Waals surface area contributed by atoms with Crippen molar-refractivity contribution in [3.63, 3.8) is 0 Å². The predicted molar refractivity (Wildman–Crippen MR) is 32.4 cm³/mol. The lowest BCUT2D eigenvalue weighted by Crippen LogP contribution is -1.91. The van der Waals surface area contributed by atoms with Crippen molar-refractivity contribution in [3.05, 3.63) is 0 Å². The molecule has 4 rings (SSSR count). The van der Waals surface area contributed by atoms with Crippen molar-refractivity contribution in [3.8, 4) is 6.07 Å². The van der Waals surface area contributed by atoms with Crippen molar-refractivity contribution in [1.29, 1.82) is 5.26 Å². The van der Waals surface area contributed by atoms with E-state index in [1.807, 2.05) is 0 Å². The highest BCUT2D eigenvalue weighted by atomic mass is 14.8. The monoisotopic (exact) mass is 119 g/mol. The second-order valence-electron chi connectivity index (χ2n) is 3.91. The van der Waals surface area contributed by atoms with Crippen LogP contribution in [0.1, 0.15) is 19.3 Å². The molecule has 0 heterocycles. The molecule has 4 fully saturated rings. The molecule has 0 radical (unpaired) electrons. The van der Waals surface area contributed by atoms with Crippen LogP contribution in [0.25, 0.3) is 0 Å². The molecule has 4 saturated carbocycles. The van der Waals surface area contributed by atoms with Gasteiger partial charge in [0.05, 0.1) is 11.5 Å². The fraction of sp³-hybridized carbons (Fsp3) is 0.875. The Morgan fingerprint density at radius 1 is 1.33 bits per heavy atom. The van der Waals surface area contributed by atoms with Gasteiger partial charge < -0.3 is 0 Å². The molecule has 0 N–H and O–H groups in total. The maximum atomic E-state index is 8.81. The molecule has 46 valence electrons. The molecule has 4 bridgehead atoms. The highest BCUT2D eigenvalue weighted by Gasteiger charge is 2.75. The summed E-state index contributed by atoms with van der Waals surface area (Å²) in [5.74, 6) is 2.67. The molecule has 1 nitrogen and oxygen atoms in total. The summed E-state index contributed by atoms with van der Waals surface area (Å²) >= 11 is 0. The first-order valence-corrected chi connectivity index (χ1v) is 3.78. The van der Waals surface area contributed by atoms with E-state index in [4.69, 9.17) is 5.26 Å². The Morgan fingerprint density at radius 2 is 2.00 bits per heavy atom. The number of rotatable bonds is 0. The van der Waals surface area contributed by atoms with Gasteiger partial charge in [0.2, 0.25) is 0 Å². The van der Waals surface area contributed by atoms with E-state index < -0.39 is 0 Å². The Kier molecular flexibility index (Phi) is 0.444. The fourth-order valence-corrected chi connectivity index (χ4v) is 3.33. The van der Waals surface area contributed by atoms with E-state index in [1.54, 1.807) is 0 Å². The average Bonchev–Trinajstić information content (AvgIpc) is 2.44. The number of nitrogens with zero attached hydrogens (tertiary/aromatic N) is 1. The summed E-state index contributed by atoms with van der Waals surface area (Å²) in [5, 5.41) is 8.81. The van der Waals surface area contributed by atoms with E-state index in [9.17, 15) is 0 Å². The summed E-state index contributed by atoms with van der Waals surface area (Å²) in [7, 11) is 0. The van der Waals surface area contributed by atoms with E-state index in [-0.39, 0.29) is 5.41 Å². The predicted octanol–water partition coefficient (Wildman–Crippen LogP) is 1.56. The van der Waals surface area contributed by atoms with Crippen molar-refractivity contribution in [2.75, 3.05) is 0 Å². The van der Waals surface area contributed by atoms with Gasteiger partial charge in [-0.05, 0) is 37.0 Å². The van der Waals surface area contributed by atoms with Gasteiger partial charge in [-0.15, -0.1) is 0 Å². The van der Waals surface area contributed by atoms with Crippen LogP contribution in [0.4, 0.5) is 0 Å². The Morgan fingerprint density at radius 3 is 2.22 bits per heavy atom. The molecule has 0 saturated heterocycles. The van der Waals surface area contributed by atoms with E-state index in [2.05, 4.69) is 6.07 Å². The third-order valence-electron chi connectivity index (χ3n) is 3.71. The Hall–Kier alpha value is -0.510. The van der Waals surface area contributed by atoms with Crippen molar-refractivity contribution in [1.82, 2.24) is 0 Å². The van der Waals surface area contributed by atoms with Crippen molar-refractivity contribution in [2.45, 2.75) is 19.3 Å². The molecule has 2 atom stereocenters. The lowest BCUT2D eigenvalue weighted by Gasteiger charge is -1.93. The Bertz CT molecular complexity index is 201. The third-order valence-corrected chi connectivity index (χ3v) is 3.71. The van der Waals surface area contributed by atoms with Crippen LogP contribution in [0.3, 0.4) is 0 Å². The summed E-state index contributed by atoms with van der Waals surface area (Å²) in [6.45, 7) is 0. The molecule has 0 aromatic rings. The minimum absolute atomic E-state index is 0.241. The van der Waals surface area contributed by atoms with Gasteiger partial charge in [0, 0.05) is 0 Å². The van der Waals surface area contributed by atoms with E-state index in [0.717, 1.165) is 17.8 Å². The van der Waals surface area contributed by atoms with Crippen LogP contribution in [0.2, 0.25) is 0 Å². The van der Waals surface area contributed by atoms with Crippen LogP contribution in [-0.4, -0.2) is 0 Å². The summed E-state index contributed by atoms with van der Waals surface area (Å²) in [4.78, 5) is 0. The Labute approximate surface area is 54.7 Å². The average molecular weight is 119 g/mol. The Balaban J connectivity index is 2.13. The quantitative estimate of drug-likeness (QED) is 0.474. The minimum Gasteiger partial charge on any atom is -0.198 e. The minimum atomic E-state index is 0.241. The van der Waals surface area contributed by atoms with Gasteiger partial charge in [-0.25, -0.2) is 0 Å². The highest BCUT2D eigenvalue weighted by molar-refractivity contribution is 5.30. The van der Waals surface area contributed by atoms with Crippen LogP contribution < -0.4 is 0 Å². The lowest BCUT2D eigenvalue weighted by molar-refractivity contribution is 0.590. The van der Waals surface area contributed by atoms with E-state index in [0.29, 0.717) is 0 Å². The lowest BCUT2D eigenvalue weighted by atomic mass is 10.1. The number of nitriles is 1. The molecule has 0 amide bonds. The molecule has 9 heavy (non-hydrogen) atoms. The first-order valence-electron chi connectivity index (χ1n) is 3.78. The topological polar surface area (TPSA) is 23.8 Å². The highest BCUT2D eigenvalue weighted by Crippen LogP contribution is 2.78. The second kappa shape index (κ2) is 0.923. The zero-order valence-corrected chi connectivity index (χ0v) is 5.30. The molecule has 0 aliphatic heterocycles. The molecule has 0 aromatic heterocycles. The molecule has 1 heteroatoms. The van der Waals surface area contributed by atoms with Gasteiger partial charge >= 0.3 is 0 Å². The van der Waals surface area contributed by atoms with Crippen LogP contribution >= 0.6 is 0 Å². The molecular weight excluding hydrogens is 110 g/mol. The summed E-state index contributed by atoms with van der Waals surface area (Å²) in [5.41, 5.74) is 0.241. The van der Waals surface area contributed by atoms with Gasteiger partial charge in [0.15, 0.2) is 0 Å². The second-order valence-corrected chi connectivity index (χ2v) is 3.91. The SMILES string of the molecule is N#CC12CC3CC1C2C3. The zero-order valence-electron chi connectivity index (χ0n) is 5.30. The smallest absolute Gasteiger partial charge is 0.0695 e. The third kappa shape index (κ3) is 0.260. The van der Waals surface area contributed by atoms with E-state index >= 15 is 0 Å². The maximum absolute atomic E-state index is 8.81. The zero-order chi connectivity index (χ0) is 6.06. The van der Waals surface area contributed by atoms with E-state index in [1.165, 1.54) is 19.3 Å². The molecular formula is C8H9N. The van der Waals surface area contributed by atoms with Gasteiger partial charge in [0.1, 0.15) is 0 Å². The van der Waals surface area contributed by atoms with Crippen molar-refractivity contribution in [2.24, 2.45) is 23.2 Å². The van der Waals surface area contributed by atoms with Crippen LogP contribution in [-0.2, 0) is 0 Å². The molecule has 4 aliphatic rings. The van der Waals surface area contributed by atoms with Crippen molar-refractivity contribution < 1.29 is 0 Å². The van der Waals surface area contributed by atoms with Gasteiger partial charge in [0.25, 0.3) is 0 Å². The molecule has 4 aliphatic carbocycles. The van der Waals surface area contributed by atoms with Gasteiger partial charge in [-0.2, -0.15) is 5.26 Å². The normalized spacial score (nSPS) is 65.9.